The summed E-state index contributed by atoms with van der Waals surface area (Å²) in [6.45, 7) is 9.64. The van der Waals surface area contributed by atoms with Crippen LogP contribution in [0.5, 0.6) is 0 Å². The van der Waals surface area contributed by atoms with Crippen LogP contribution in [0.15, 0.2) is 66.7 Å². The van der Waals surface area contributed by atoms with Gasteiger partial charge in [0.05, 0.1) is 6.54 Å². The summed E-state index contributed by atoms with van der Waals surface area (Å²) in [5, 5.41) is 6.94. The number of aryl methyl sites for hydroxylation is 3. The van der Waals surface area contributed by atoms with E-state index in [1.165, 1.54) is 17.7 Å². The second-order valence-corrected chi connectivity index (χ2v) is 9.77. The Hall–Kier alpha value is -4.13. The molecule has 0 aliphatic carbocycles. The summed E-state index contributed by atoms with van der Waals surface area (Å²) in [6, 6.07) is 20.3. The molecule has 0 spiro atoms. The maximum absolute atomic E-state index is 13.6. The summed E-state index contributed by atoms with van der Waals surface area (Å²) in [7, 11) is 0. The molecular formula is C30H32FN5O. The molecule has 1 aromatic heterocycles. The third-order valence-electron chi connectivity index (χ3n) is 6.93. The second kappa shape index (κ2) is 10.1. The minimum absolute atomic E-state index is 0.0354. The quantitative estimate of drug-likeness (QED) is 0.333. The van der Waals surface area contributed by atoms with Gasteiger partial charge in [0, 0.05) is 30.0 Å². The standard InChI is InChI=1S/C30H32FN5O/c1-19-8-14-25(15-9-19)33-29-28(23-10-12-24(31)13-11-23)34-26-18-35(16-17-36(26)29)30(37)22(4)32-27-20(2)6-5-7-21(27)3/h5-15,22,32-33H,16-18H2,1-4H3. The number of carbonyl (C=O) groups excluding carboxylic acids is 1. The van der Waals surface area contributed by atoms with E-state index in [2.05, 4.69) is 34.3 Å². The predicted molar refractivity (Wildman–Crippen MR) is 147 cm³/mol. The van der Waals surface area contributed by atoms with Crippen LogP contribution in [0.2, 0.25) is 0 Å². The van der Waals surface area contributed by atoms with Crippen LogP contribution in [0.1, 0.15) is 29.4 Å². The van der Waals surface area contributed by atoms with Crippen molar-refractivity contribution in [1.29, 1.82) is 0 Å². The number of halogens is 1. The van der Waals surface area contributed by atoms with E-state index >= 15 is 0 Å². The molecule has 1 amide bonds. The van der Waals surface area contributed by atoms with Crippen molar-refractivity contribution in [2.45, 2.75) is 46.8 Å². The molecule has 0 bridgehead atoms. The van der Waals surface area contributed by atoms with E-state index in [0.717, 1.165) is 45.4 Å². The average molecular weight is 498 g/mol. The van der Waals surface area contributed by atoms with Crippen molar-refractivity contribution < 1.29 is 9.18 Å². The van der Waals surface area contributed by atoms with Gasteiger partial charge in [-0.15, -0.1) is 0 Å². The van der Waals surface area contributed by atoms with Gasteiger partial charge in [-0.05, 0) is 75.2 Å². The SMILES string of the molecule is Cc1ccc(Nc2c(-c3ccc(F)cc3)nc3n2CCN(C(=O)C(C)Nc2c(C)cccc2C)C3)cc1. The molecule has 1 aliphatic rings. The molecule has 3 aromatic carbocycles. The highest BCUT2D eigenvalue weighted by atomic mass is 19.1. The Morgan fingerprint density at radius 2 is 1.62 bits per heavy atom. The molecule has 0 radical (unpaired) electrons. The Morgan fingerprint density at radius 1 is 0.946 bits per heavy atom. The molecule has 1 unspecified atom stereocenters. The van der Waals surface area contributed by atoms with E-state index in [1.54, 1.807) is 12.1 Å². The van der Waals surface area contributed by atoms with Gasteiger partial charge in [0.15, 0.2) is 0 Å². The van der Waals surface area contributed by atoms with E-state index in [4.69, 9.17) is 4.98 Å². The van der Waals surface area contributed by atoms with E-state index in [1.807, 2.05) is 56.0 Å². The first kappa shape index (κ1) is 24.6. The lowest BCUT2D eigenvalue weighted by atomic mass is 10.1. The highest BCUT2D eigenvalue weighted by Gasteiger charge is 2.29. The minimum atomic E-state index is -0.372. The van der Waals surface area contributed by atoms with Gasteiger partial charge in [0.25, 0.3) is 0 Å². The summed E-state index contributed by atoms with van der Waals surface area (Å²) >= 11 is 0. The Bertz CT molecular complexity index is 1410. The first-order valence-corrected chi connectivity index (χ1v) is 12.6. The first-order valence-electron chi connectivity index (χ1n) is 12.6. The molecule has 1 aliphatic heterocycles. The molecule has 0 saturated heterocycles. The molecule has 190 valence electrons. The number of hydrogen-bond donors (Lipinski definition) is 2. The van der Waals surface area contributed by atoms with Crippen molar-refractivity contribution in [3.05, 3.63) is 95.1 Å². The number of imidazole rings is 1. The molecule has 0 saturated carbocycles. The van der Waals surface area contributed by atoms with Crippen LogP contribution in [0.25, 0.3) is 11.3 Å². The van der Waals surface area contributed by atoms with Crippen molar-refractivity contribution in [2.75, 3.05) is 17.2 Å². The van der Waals surface area contributed by atoms with Crippen molar-refractivity contribution in [2.24, 2.45) is 0 Å². The topological polar surface area (TPSA) is 62.2 Å². The number of amides is 1. The third kappa shape index (κ3) is 5.07. The normalized spacial score (nSPS) is 13.7. The van der Waals surface area contributed by atoms with Crippen LogP contribution in [-0.4, -0.2) is 32.9 Å². The third-order valence-corrected chi connectivity index (χ3v) is 6.93. The number of hydrogen-bond acceptors (Lipinski definition) is 4. The zero-order valence-electron chi connectivity index (χ0n) is 21.7. The number of carbonyl (C=O) groups is 1. The highest BCUT2D eigenvalue weighted by molar-refractivity contribution is 5.85. The molecule has 2 N–H and O–H groups in total. The van der Waals surface area contributed by atoms with Crippen LogP contribution in [0.4, 0.5) is 21.6 Å². The Morgan fingerprint density at radius 3 is 2.30 bits per heavy atom. The number of nitrogens with zero attached hydrogens (tertiary/aromatic N) is 3. The minimum Gasteiger partial charge on any atom is -0.373 e. The summed E-state index contributed by atoms with van der Waals surface area (Å²) in [6.07, 6.45) is 0. The molecule has 0 fully saturated rings. The Labute approximate surface area is 217 Å². The summed E-state index contributed by atoms with van der Waals surface area (Å²) in [4.78, 5) is 20.2. The largest absolute Gasteiger partial charge is 0.373 e. The summed E-state index contributed by atoms with van der Waals surface area (Å²) < 4.78 is 15.8. The van der Waals surface area contributed by atoms with Gasteiger partial charge in [-0.2, -0.15) is 0 Å². The molecule has 7 heteroatoms. The lowest BCUT2D eigenvalue weighted by Crippen LogP contribution is -2.45. The first-order chi connectivity index (χ1) is 17.8. The molecule has 5 rings (SSSR count). The van der Waals surface area contributed by atoms with E-state index in [9.17, 15) is 9.18 Å². The van der Waals surface area contributed by atoms with E-state index in [-0.39, 0.29) is 17.8 Å². The van der Waals surface area contributed by atoms with Gasteiger partial charge < -0.3 is 20.1 Å². The molecule has 6 nitrogen and oxygen atoms in total. The zero-order valence-corrected chi connectivity index (χ0v) is 21.7. The van der Waals surface area contributed by atoms with Gasteiger partial charge in [0.1, 0.15) is 29.2 Å². The van der Waals surface area contributed by atoms with Crippen LogP contribution >= 0.6 is 0 Å². The smallest absolute Gasteiger partial charge is 0.245 e. The summed E-state index contributed by atoms with van der Waals surface area (Å²) in [5.41, 5.74) is 6.92. The summed E-state index contributed by atoms with van der Waals surface area (Å²) in [5.74, 6) is 1.39. The van der Waals surface area contributed by atoms with Crippen molar-refractivity contribution in [3.63, 3.8) is 0 Å². The second-order valence-electron chi connectivity index (χ2n) is 9.77. The number of benzene rings is 3. The Kier molecular flexibility index (Phi) is 6.70. The zero-order chi connectivity index (χ0) is 26.1. The molecule has 2 heterocycles. The monoisotopic (exact) mass is 497 g/mol. The maximum Gasteiger partial charge on any atom is 0.245 e. The van der Waals surface area contributed by atoms with Crippen LogP contribution in [0, 0.1) is 26.6 Å². The molecular weight excluding hydrogens is 465 g/mol. The van der Waals surface area contributed by atoms with Crippen LogP contribution in [0.3, 0.4) is 0 Å². The number of anilines is 3. The lowest BCUT2D eigenvalue weighted by Gasteiger charge is -2.31. The maximum atomic E-state index is 13.6. The van der Waals surface area contributed by atoms with Gasteiger partial charge in [-0.3, -0.25) is 4.79 Å². The predicted octanol–water partition coefficient (Wildman–Crippen LogP) is 6.20. The van der Waals surface area contributed by atoms with Crippen molar-refractivity contribution in [3.8, 4) is 11.3 Å². The van der Waals surface area contributed by atoms with Crippen molar-refractivity contribution in [1.82, 2.24) is 14.5 Å². The van der Waals surface area contributed by atoms with Gasteiger partial charge in [-0.1, -0.05) is 35.9 Å². The number of nitrogens with one attached hydrogen (secondary N) is 2. The number of rotatable bonds is 6. The highest BCUT2D eigenvalue weighted by Crippen LogP contribution is 2.33. The molecule has 1 atom stereocenters. The Balaban J connectivity index is 1.42. The molecule has 37 heavy (non-hydrogen) atoms. The van der Waals surface area contributed by atoms with Crippen LogP contribution < -0.4 is 10.6 Å². The van der Waals surface area contributed by atoms with Gasteiger partial charge >= 0.3 is 0 Å². The fourth-order valence-corrected chi connectivity index (χ4v) is 4.82. The van der Waals surface area contributed by atoms with Crippen molar-refractivity contribution >= 4 is 23.1 Å². The lowest BCUT2D eigenvalue weighted by molar-refractivity contribution is -0.133. The number of fused-ring (bicyclic) bond motifs is 1. The van der Waals surface area contributed by atoms with Gasteiger partial charge in [-0.25, -0.2) is 9.37 Å². The number of aromatic nitrogens is 2. The van der Waals surface area contributed by atoms with E-state index < -0.39 is 0 Å². The fourth-order valence-electron chi connectivity index (χ4n) is 4.82. The number of para-hydroxylation sites is 1. The van der Waals surface area contributed by atoms with Gasteiger partial charge in [0.2, 0.25) is 5.91 Å². The average Bonchev–Trinajstić information content (AvgIpc) is 3.25. The fraction of sp³-hybridized carbons (Fsp3) is 0.267. The molecule has 4 aromatic rings. The van der Waals surface area contributed by atoms with E-state index in [0.29, 0.717) is 19.6 Å². The van der Waals surface area contributed by atoms with Crippen LogP contribution in [-0.2, 0) is 17.9 Å².